The van der Waals surface area contributed by atoms with Gasteiger partial charge in [-0.15, -0.1) is 0 Å². The smallest absolute Gasteiger partial charge is 0.319 e. The molecule has 1 aliphatic heterocycles. The van der Waals surface area contributed by atoms with Gasteiger partial charge in [0.05, 0.1) is 11.8 Å². The minimum atomic E-state index is -0.448. The van der Waals surface area contributed by atoms with Gasteiger partial charge < -0.3 is 10.6 Å². The van der Waals surface area contributed by atoms with E-state index in [1.165, 1.54) is 4.90 Å². The molecule has 1 saturated carbocycles. The number of ketones is 1. The molecule has 5 aliphatic rings. The van der Waals surface area contributed by atoms with Crippen molar-refractivity contribution >= 4 is 29.3 Å². The number of carbonyl (C=O) groups is 4. The van der Waals surface area contributed by atoms with Crippen molar-refractivity contribution in [3.05, 3.63) is 65.7 Å². The van der Waals surface area contributed by atoms with Crippen molar-refractivity contribution in [1.29, 1.82) is 0 Å². The van der Waals surface area contributed by atoms with E-state index in [0.717, 1.165) is 24.0 Å². The van der Waals surface area contributed by atoms with Crippen LogP contribution >= 0.6 is 0 Å². The third-order valence-corrected chi connectivity index (χ3v) is 7.46. The lowest BCUT2D eigenvalue weighted by Crippen LogP contribution is -2.40. The second-order valence-corrected chi connectivity index (χ2v) is 9.19. The van der Waals surface area contributed by atoms with E-state index in [2.05, 4.69) is 22.8 Å². The number of benzene rings is 2. The van der Waals surface area contributed by atoms with Gasteiger partial charge in [-0.2, -0.15) is 0 Å². The van der Waals surface area contributed by atoms with Crippen LogP contribution in [0.25, 0.3) is 11.1 Å². The monoisotopic (exact) mass is 441 g/mol. The molecule has 0 aromatic heterocycles. The SMILES string of the molecule is O=C(NCCN1C(=O)C2C3C=CC(CC3)C2C1=O)Nc1ccc2c(c1)C(=O)c1ccccc1-2. The highest BCUT2D eigenvalue weighted by Crippen LogP contribution is 2.49. The fourth-order valence-corrected chi connectivity index (χ4v) is 5.92. The van der Waals surface area contributed by atoms with Crippen LogP contribution in [0.1, 0.15) is 28.8 Å². The summed E-state index contributed by atoms with van der Waals surface area (Å²) in [5.41, 5.74) is 3.50. The molecule has 7 rings (SSSR count). The maximum atomic E-state index is 12.9. The van der Waals surface area contributed by atoms with Crippen molar-refractivity contribution in [2.45, 2.75) is 12.8 Å². The second-order valence-electron chi connectivity index (χ2n) is 9.19. The van der Waals surface area contributed by atoms with Crippen molar-refractivity contribution < 1.29 is 19.2 Å². The number of likely N-dealkylation sites (tertiary alicyclic amines) is 1. The molecule has 4 unspecified atom stereocenters. The summed E-state index contributed by atoms with van der Waals surface area (Å²) in [5.74, 6) is -0.421. The van der Waals surface area contributed by atoms with Crippen molar-refractivity contribution in [2.24, 2.45) is 23.7 Å². The van der Waals surface area contributed by atoms with Gasteiger partial charge in [-0.3, -0.25) is 19.3 Å². The van der Waals surface area contributed by atoms with Gasteiger partial charge in [-0.1, -0.05) is 42.5 Å². The zero-order valence-corrected chi connectivity index (χ0v) is 17.9. The molecule has 2 aromatic rings. The maximum absolute atomic E-state index is 12.9. The molecule has 2 fully saturated rings. The average molecular weight is 441 g/mol. The molecule has 1 heterocycles. The number of hydrogen-bond donors (Lipinski definition) is 2. The van der Waals surface area contributed by atoms with Crippen LogP contribution in [-0.4, -0.2) is 41.6 Å². The van der Waals surface area contributed by atoms with Crippen LogP contribution in [0.2, 0.25) is 0 Å². The number of carbonyl (C=O) groups excluding carboxylic acids is 4. The third-order valence-electron chi connectivity index (χ3n) is 7.46. The van der Waals surface area contributed by atoms with Gasteiger partial charge in [0.2, 0.25) is 11.8 Å². The fraction of sp³-hybridized carbons (Fsp3) is 0.308. The summed E-state index contributed by atoms with van der Waals surface area (Å²) < 4.78 is 0. The van der Waals surface area contributed by atoms with E-state index >= 15 is 0 Å². The van der Waals surface area contributed by atoms with E-state index in [-0.39, 0.29) is 54.4 Å². The highest BCUT2D eigenvalue weighted by atomic mass is 16.2. The summed E-state index contributed by atoms with van der Waals surface area (Å²) in [6, 6.07) is 12.3. The van der Waals surface area contributed by atoms with Gasteiger partial charge in [0.1, 0.15) is 0 Å². The first-order valence-electron chi connectivity index (χ1n) is 11.4. The zero-order chi connectivity index (χ0) is 22.7. The maximum Gasteiger partial charge on any atom is 0.319 e. The second kappa shape index (κ2) is 7.40. The lowest BCUT2D eigenvalue weighted by atomic mass is 9.63. The summed E-state index contributed by atoms with van der Waals surface area (Å²) >= 11 is 0. The molecule has 4 atom stereocenters. The van der Waals surface area contributed by atoms with E-state index < -0.39 is 6.03 Å². The molecule has 1 saturated heterocycles. The first kappa shape index (κ1) is 19.9. The largest absolute Gasteiger partial charge is 0.336 e. The molecule has 7 nitrogen and oxygen atoms in total. The highest BCUT2D eigenvalue weighted by Gasteiger charge is 2.56. The van der Waals surface area contributed by atoms with Gasteiger partial charge in [-0.05, 0) is 47.9 Å². The van der Waals surface area contributed by atoms with E-state index in [1.54, 1.807) is 18.2 Å². The first-order chi connectivity index (χ1) is 16.0. The Balaban J connectivity index is 1.07. The molecular formula is C26H23N3O4. The quantitative estimate of drug-likeness (QED) is 0.480. The number of allylic oxidation sites excluding steroid dienone is 2. The molecule has 2 N–H and O–H groups in total. The lowest BCUT2D eigenvalue weighted by Gasteiger charge is -2.38. The summed E-state index contributed by atoms with van der Waals surface area (Å²) in [6.07, 6.45) is 6.11. The molecule has 166 valence electrons. The van der Waals surface area contributed by atoms with Crippen LogP contribution in [0.4, 0.5) is 10.5 Å². The van der Waals surface area contributed by atoms with Crippen LogP contribution in [-0.2, 0) is 9.59 Å². The molecule has 33 heavy (non-hydrogen) atoms. The number of urea groups is 1. The number of anilines is 1. The Morgan fingerprint density at radius 2 is 1.48 bits per heavy atom. The predicted octanol–water partition coefficient (Wildman–Crippen LogP) is 3.22. The molecule has 4 amide bonds. The van der Waals surface area contributed by atoms with Crippen LogP contribution in [0, 0.1) is 23.7 Å². The number of amides is 4. The third kappa shape index (κ3) is 3.03. The summed E-state index contributed by atoms with van der Waals surface area (Å²) in [6.45, 7) is 0.330. The number of nitrogens with zero attached hydrogens (tertiary/aromatic N) is 1. The van der Waals surface area contributed by atoms with Gasteiger partial charge in [-0.25, -0.2) is 4.79 Å². The Hall–Kier alpha value is -3.74. The van der Waals surface area contributed by atoms with E-state index in [1.807, 2.05) is 24.3 Å². The molecule has 0 radical (unpaired) electrons. The van der Waals surface area contributed by atoms with Gasteiger partial charge in [0, 0.05) is 29.9 Å². The summed E-state index contributed by atoms with van der Waals surface area (Å²) in [5, 5.41) is 5.46. The molecule has 4 aliphatic carbocycles. The number of nitrogens with one attached hydrogen (secondary N) is 2. The number of rotatable bonds is 4. The number of fused-ring (bicyclic) bond motifs is 4. The van der Waals surface area contributed by atoms with Crippen LogP contribution in [0.15, 0.2) is 54.6 Å². The van der Waals surface area contributed by atoms with Crippen molar-refractivity contribution in [1.82, 2.24) is 10.2 Å². The first-order valence-corrected chi connectivity index (χ1v) is 11.4. The van der Waals surface area contributed by atoms with Gasteiger partial charge in [0.15, 0.2) is 5.78 Å². The molecule has 2 aromatic carbocycles. The fourth-order valence-electron chi connectivity index (χ4n) is 5.92. The van der Waals surface area contributed by atoms with Crippen LogP contribution < -0.4 is 10.6 Å². The summed E-state index contributed by atoms with van der Waals surface area (Å²) in [7, 11) is 0. The van der Waals surface area contributed by atoms with E-state index in [9.17, 15) is 19.2 Å². The standard InChI is InChI=1S/C26H23N3O4/c30-23-19-4-2-1-3-17(19)18-10-9-16(13-20(18)23)28-26(33)27-11-12-29-24(31)21-14-5-6-15(8-7-14)22(21)25(29)32/h1-6,9-10,13-15,21-22H,7-8,11-12H2,(H2,27,28,33). The predicted molar refractivity (Wildman–Crippen MR) is 121 cm³/mol. The average Bonchev–Trinajstić information content (AvgIpc) is 3.27. The van der Waals surface area contributed by atoms with Crippen LogP contribution in [0.5, 0.6) is 0 Å². The Labute approximate surface area is 190 Å². The topological polar surface area (TPSA) is 95.6 Å². The van der Waals surface area contributed by atoms with Gasteiger partial charge >= 0.3 is 6.03 Å². The lowest BCUT2D eigenvalue weighted by molar-refractivity contribution is -0.140. The Morgan fingerprint density at radius 1 is 0.848 bits per heavy atom. The van der Waals surface area contributed by atoms with Crippen molar-refractivity contribution in [2.75, 3.05) is 18.4 Å². The molecule has 2 bridgehead atoms. The van der Waals surface area contributed by atoms with Crippen molar-refractivity contribution in [3.63, 3.8) is 0 Å². The number of imide groups is 1. The molecule has 7 heteroatoms. The number of hydrogen-bond acceptors (Lipinski definition) is 4. The zero-order valence-electron chi connectivity index (χ0n) is 17.9. The van der Waals surface area contributed by atoms with Gasteiger partial charge in [0.25, 0.3) is 0 Å². The summed E-state index contributed by atoms with van der Waals surface area (Å²) in [4.78, 5) is 52.1. The Bertz CT molecular complexity index is 1220. The van der Waals surface area contributed by atoms with E-state index in [0.29, 0.717) is 16.8 Å². The Kier molecular flexibility index (Phi) is 4.47. The van der Waals surface area contributed by atoms with E-state index in [4.69, 9.17) is 0 Å². The van der Waals surface area contributed by atoms with Crippen molar-refractivity contribution in [3.8, 4) is 11.1 Å². The molecule has 0 spiro atoms. The minimum absolute atomic E-state index is 0.0550. The highest BCUT2D eigenvalue weighted by molar-refractivity contribution is 6.22. The normalized spacial score (nSPS) is 26.3. The van der Waals surface area contributed by atoms with Crippen LogP contribution in [0.3, 0.4) is 0 Å². The molecular weight excluding hydrogens is 418 g/mol. The Morgan fingerprint density at radius 3 is 2.15 bits per heavy atom. The minimum Gasteiger partial charge on any atom is -0.336 e.